The molecule has 0 unspecified atom stereocenters. The van der Waals surface area contributed by atoms with Gasteiger partial charge in [0.2, 0.25) is 6.20 Å². The highest BCUT2D eigenvalue weighted by molar-refractivity contribution is 9.10. The highest BCUT2D eigenvalue weighted by Gasteiger charge is 2.18. The molecule has 1 aromatic heterocycles. The second-order valence-electron chi connectivity index (χ2n) is 1.91. The van der Waals surface area contributed by atoms with E-state index in [1.54, 1.807) is 0 Å². The van der Waals surface area contributed by atoms with Gasteiger partial charge in [-0.2, -0.15) is 4.73 Å². The Balaban J connectivity index is 3.33. The summed E-state index contributed by atoms with van der Waals surface area (Å²) < 4.78 is 0.452. The van der Waals surface area contributed by atoms with Crippen molar-refractivity contribution in [3.8, 4) is 0 Å². The molecule has 1 aromatic rings. The van der Waals surface area contributed by atoms with Crippen LogP contribution in [0.1, 0.15) is 0 Å². The molecule has 0 saturated heterocycles. The highest BCUT2D eigenvalue weighted by atomic mass is 79.9. The van der Waals surface area contributed by atoms with E-state index in [0.717, 1.165) is 12.3 Å². The predicted octanol–water partition coefficient (Wildman–Crippen LogP) is 1.64. The fourth-order valence-electron chi connectivity index (χ4n) is 0.616. The van der Waals surface area contributed by atoms with E-state index in [1.807, 2.05) is 0 Å². The summed E-state index contributed by atoms with van der Waals surface area (Å²) in [6.07, 6.45) is 0.920. The summed E-state index contributed by atoms with van der Waals surface area (Å²) >= 11 is 8.25. The van der Waals surface area contributed by atoms with Crippen molar-refractivity contribution in [2.75, 3.05) is 0 Å². The molecule has 7 heteroatoms. The van der Waals surface area contributed by atoms with Crippen molar-refractivity contribution in [2.24, 2.45) is 0 Å². The zero-order valence-electron chi connectivity index (χ0n) is 5.53. The molecule has 0 atom stereocenters. The lowest BCUT2D eigenvalue weighted by molar-refractivity contribution is -0.617. The molecule has 0 radical (unpaired) electrons. The van der Waals surface area contributed by atoms with Crippen LogP contribution >= 0.6 is 27.5 Å². The molecule has 0 aromatic carbocycles. The summed E-state index contributed by atoms with van der Waals surface area (Å²) in [6, 6.07) is 1.05. The Morgan fingerprint density at radius 3 is 2.75 bits per heavy atom. The summed E-state index contributed by atoms with van der Waals surface area (Å²) in [5, 5.41) is 20.9. The summed E-state index contributed by atoms with van der Waals surface area (Å²) in [6.45, 7) is 0. The molecule has 0 bridgehead atoms. The number of nitro groups is 1. The van der Waals surface area contributed by atoms with Crippen molar-refractivity contribution in [3.05, 3.63) is 37.2 Å². The lowest BCUT2D eigenvalue weighted by atomic mass is 10.4. The molecule has 0 spiro atoms. The molecule has 64 valence electrons. The molecule has 0 N–H and O–H groups in total. The van der Waals surface area contributed by atoms with Gasteiger partial charge in [0, 0.05) is 15.9 Å². The first-order chi connectivity index (χ1) is 5.52. The van der Waals surface area contributed by atoms with Crippen LogP contribution in [0.15, 0.2) is 16.9 Å². The fourth-order valence-corrected chi connectivity index (χ4v) is 1.15. The van der Waals surface area contributed by atoms with Gasteiger partial charge in [-0.1, -0.05) is 11.6 Å². The topological polar surface area (TPSA) is 70.1 Å². The minimum absolute atomic E-state index is 0.0543. The third-order valence-corrected chi connectivity index (χ3v) is 2.01. The van der Waals surface area contributed by atoms with Crippen LogP contribution in [0.4, 0.5) is 5.69 Å². The van der Waals surface area contributed by atoms with Crippen molar-refractivity contribution in [1.82, 2.24) is 0 Å². The van der Waals surface area contributed by atoms with E-state index >= 15 is 0 Å². The maximum Gasteiger partial charge on any atom is 0.301 e. The molecule has 1 heterocycles. The number of hydrogen-bond acceptors (Lipinski definition) is 3. The zero-order chi connectivity index (χ0) is 9.30. The lowest BCUT2D eigenvalue weighted by Crippen LogP contribution is -2.27. The molecular formula is C5H2BrClN2O3. The monoisotopic (exact) mass is 252 g/mol. The summed E-state index contributed by atoms with van der Waals surface area (Å²) in [7, 11) is 0. The maximum atomic E-state index is 10.8. The Morgan fingerprint density at radius 2 is 2.25 bits per heavy atom. The minimum atomic E-state index is -0.660. The van der Waals surface area contributed by atoms with E-state index in [-0.39, 0.29) is 15.3 Å². The van der Waals surface area contributed by atoms with E-state index in [0.29, 0.717) is 4.73 Å². The summed E-state index contributed by atoms with van der Waals surface area (Å²) in [5.41, 5.74) is -0.296. The molecule has 0 amide bonds. The Kier molecular flexibility index (Phi) is 2.49. The Morgan fingerprint density at radius 1 is 1.67 bits per heavy atom. The van der Waals surface area contributed by atoms with Crippen LogP contribution < -0.4 is 4.73 Å². The van der Waals surface area contributed by atoms with E-state index in [2.05, 4.69) is 15.9 Å². The Hall–Kier alpha value is -0.880. The molecule has 12 heavy (non-hydrogen) atoms. The van der Waals surface area contributed by atoms with Crippen molar-refractivity contribution in [3.63, 3.8) is 0 Å². The Labute approximate surface area is 80.4 Å². The second-order valence-corrected chi connectivity index (χ2v) is 3.13. The van der Waals surface area contributed by atoms with Gasteiger partial charge in [-0.05, 0) is 0 Å². The van der Waals surface area contributed by atoms with Crippen LogP contribution in [0.25, 0.3) is 0 Å². The van der Waals surface area contributed by atoms with Gasteiger partial charge in [-0.3, -0.25) is 10.1 Å². The standard InChI is InChI=1S/C5H2BrClN2O3/c6-5-1-4(9(11)12)3(7)2-8(5)10/h1-2H. The van der Waals surface area contributed by atoms with E-state index in [4.69, 9.17) is 11.6 Å². The van der Waals surface area contributed by atoms with Gasteiger partial charge in [0.1, 0.15) is 0 Å². The average molecular weight is 253 g/mol. The quantitative estimate of drug-likeness (QED) is 0.251. The van der Waals surface area contributed by atoms with Gasteiger partial charge in [-0.15, -0.1) is 0 Å². The van der Waals surface area contributed by atoms with Crippen molar-refractivity contribution in [2.45, 2.75) is 0 Å². The largest absolute Gasteiger partial charge is 0.618 e. The SMILES string of the molecule is O=[N+]([O-])c1cc(Br)[n+]([O-])cc1Cl. The van der Waals surface area contributed by atoms with Gasteiger partial charge in [0.25, 0.3) is 4.60 Å². The summed E-state index contributed by atoms with van der Waals surface area (Å²) in [4.78, 5) is 9.61. The molecule has 0 aliphatic rings. The predicted molar refractivity (Wildman–Crippen MR) is 44.8 cm³/mol. The van der Waals surface area contributed by atoms with E-state index in [9.17, 15) is 15.3 Å². The third kappa shape index (κ3) is 1.64. The fraction of sp³-hybridized carbons (Fsp3) is 0. The van der Waals surface area contributed by atoms with Gasteiger partial charge < -0.3 is 5.21 Å². The van der Waals surface area contributed by atoms with Crippen molar-refractivity contribution in [1.29, 1.82) is 0 Å². The van der Waals surface area contributed by atoms with E-state index in [1.165, 1.54) is 0 Å². The zero-order valence-corrected chi connectivity index (χ0v) is 7.87. The second kappa shape index (κ2) is 3.24. The van der Waals surface area contributed by atoms with Crippen LogP contribution in [0.5, 0.6) is 0 Å². The van der Waals surface area contributed by atoms with E-state index < -0.39 is 4.92 Å². The molecule has 5 nitrogen and oxygen atoms in total. The third-order valence-electron chi connectivity index (χ3n) is 1.14. The van der Waals surface area contributed by atoms with Crippen LogP contribution in [-0.4, -0.2) is 4.92 Å². The molecule has 0 saturated carbocycles. The van der Waals surface area contributed by atoms with Crippen LogP contribution in [0.3, 0.4) is 0 Å². The van der Waals surface area contributed by atoms with Crippen LogP contribution in [0, 0.1) is 15.3 Å². The first kappa shape index (κ1) is 9.21. The lowest BCUT2D eigenvalue weighted by Gasteiger charge is -1.98. The average Bonchev–Trinajstić information content (AvgIpc) is 1.96. The van der Waals surface area contributed by atoms with Crippen LogP contribution in [-0.2, 0) is 0 Å². The molecular weight excluding hydrogens is 251 g/mol. The van der Waals surface area contributed by atoms with Gasteiger partial charge in [0.05, 0.1) is 11.0 Å². The smallest absolute Gasteiger partial charge is 0.301 e. The number of nitrogens with zero attached hydrogens (tertiary/aromatic N) is 2. The van der Waals surface area contributed by atoms with Gasteiger partial charge in [0.15, 0.2) is 5.02 Å². The number of pyridine rings is 1. The maximum absolute atomic E-state index is 10.8. The first-order valence-electron chi connectivity index (χ1n) is 2.75. The van der Waals surface area contributed by atoms with Gasteiger partial charge >= 0.3 is 5.69 Å². The number of aromatic nitrogens is 1. The van der Waals surface area contributed by atoms with Gasteiger partial charge in [-0.25, -0.2) is 0 Å². The minimum Gasteiger partial charge on any atom is -0.618 e. The molecule has 1 rings (SSSR count). The highest BCUT2D eigenvalue weighted by Crippen LogP contribution is 2.24. The van der Waals surface area contributed by atoms with Crippen LogP contribution in [0.2, 0.25) is 5.02 Å². The molecule has 0 fully saturated rings. The van der Waals surface area contributed by atoms with Crippen molar-refractivity contribution < 1.29 is 9.65 Å². The first-order valence-corrected chi connectivity index (χ1v) is 3.92. The van der Waals surface area contributed by atoms with Crippen molar-refractivity contribution >= 4 is 33.2 Å². The number of hydrogen-bond donors (Lipinski definition) is 0. The normalized spacial score (nSPS) is 9.83. The number of rotatable bonds is 1. The summed E-state index contributed by atoms with van der Waals surface area (Å²) in [5.74, 6) is 0. The number of halogens is 2. The molecule has 0 aliphatic heterocycles. The Bertz CT molecular complexity index is 344. The molecule has 0 aliphatic carbocycles.